The lowest BCUT2D eigenvalue weighted by molar-refractivity contribution is 0.513. The molecule has 0 amide bonds. The van der Waals surface area contributed by atoms with Crippen LogP contribution in [0, 0.1) is 0 Å². The summed E-state index contributed by atoms with van der Waals surface area (Å²) in [6, 6.07) is 9.24. The van der Waals surface area contributed by atoms with E-state index >= 15 is 0 Å². The molecule has 1 N–H and O–H groups in total. The second kappa shape index (κ2) is 5.37. The molecular formula is C12H16BrNS. The van der Waals surface area contributed by atoms with Gasteiger partial charge in [-0.15, -0.1) is 0 Å². The van der Waals surface area contributed by atoms with Crippen molar-refractivity contribution in [2.24, 2.45) is 0 Å². The predicted molar refractivity (Wildman–Crippen MR) is 71.3 cm³/mol. The molecule has 1 heterocycles. The summed E-state index contributed by atoms with van der Waals surface area (Å²) in [4.78, 5) is 0. The lowest BCUT2D eigenvalue weighted by Gasteiger charge is -2.16. The molecule has 2 rings (SSSR count). The first kappa shape index (κ1) is 11.5. The van der Waals surface area contributed by atoms with Gasteiger partial charge in [0.05, 0.1) is 0 Å². The van der Waals surface area contributed by atoms with Crippen LogP contribution >= 0.6 is 27.7 Å². The topological polar surface area (TPSA) is 12.0 Å². The zero-order chi connectivity index (χ0) is 10.7. The van der Waals surface area contributed by atoms with E-state index in [4.69, 9.17) is 0 Å². The third-order valence-corrected chi connectivity index (χ3v) is 4.71. The molecule has 0 radical (unpaired) electrons. The Morgan fingerprint density at radius 3 is 2.73 bits per heavy atom. The molecule has 0 aromatic heterocycles. The molecule has 1 aromatic carbocycles. The smallest absolute Gasteiger partial charge is 0.0208 e. The standard InChI is InChI=1S/C12H16BrNS/c1-9-12(6-7-15-9)14-8-10-2-4-11(13)5-3-10/h2-5,9,12,14H,6-8H2,1H3. The molecule has 15 heavy (non-hydrogen) atoms. The molecule has 1 fully saturated rings. The Balaban J connectivity index is 1.85. The number of nitrogens with one attached hydrogen (secondary N) is 1. The van der Waals surface area contributed by atoms with E-state index in [2.05, 4.69) is 64.2 Å². The van der Waals surface area contributed by atoms with Crippen LogP contribution in [-0.2, 0) is 6.54 Å². The number of thioether (sulfide) groups is 1. The van der Waals surface area contributed by atoms with Gasteiger partial charge in [0.15, 0.2) is 0 Å². The monoisotopic (exact) mass is 285 g/mol. The number of benzene rings is 1. The number of rotatable bonds is 3. The third-order valence-electron chi connectivity index (χ3n) is 2.86. The van der Waals surface area contributed by atoms with Gasteiger partial charge in [0, 0.05) is 22.3 Å². The van der Waals surface area contributed by atoms with Gasteiger partial charge in [-0.05, 0) is 29.9 Å². The van der Waals surface area contributed by atoms with Gasteiger partial charge in [-0.2, -0.15) is 11.8 Å². The van der Waals surface area contributed by atoms with Crippen LogP contribution in [0.3, 0.4) is 0 Å². The van der Waals surface area contributed by atoms with Crippen molar-refractivity contribution in [2.75, 3.05) is 5.75 Å². The molecule has 1 aromatic rings. The van der Waals surface area contributed by atoms with Crippen LogP contribution in [0.2, 0.25) is 0 Å². The molecule has 0 aliphatic carbocycles. The lowest BCUT2D eigenvalue weighted by Crippen LogP contribution is -2.32. The van der Waals surface area contributed by atoms with Crippen molar-refractivity contribution in [3.63, 3.8) is 0 Å². The minimum absolute atomic E-state index is 0.693. The van der Waals surface area contributed by atoms with E-state index in [0.29, 0.717) is 6.04 Å². The first-order valence-corrected chi connectivity index (χ1v) is 7.19. The van der Waals surface area contributed by atoms with Crippen LogP contribution in [0.5, 0.6) is 0 Å². The number of hydrogen-bond acceptors (Lipinski definition) is 2. The van der Waals surface area contributed by atoms with Crippen molar-refractivity contribution in [3.8, 4) is 0 Å². The molecule has 1 aliphatic rings. The van der Waals surface area contributed by atoms with Gasteiger partial charge in [0.2, 0.25) is 0 Å². The average molecular weight is 286 g/mol. The predicted octanol–water partition coefficient (Wildman–Crippen LogP) is 3.43. The Morgan fingerprint density at radius 2 is 2.13 bits per heavy atom. The van der Waals surface area contributed by atoms with E-state index in [1.54, 1.807) is 0 Å². The van der Waals surface area contributed by atoms with E-state index < -0.39 is 0 Å². The van der Waals surface area contributed by atoms with Crippen molar-refractivity contribution < 1.29 is 0 Å². The molecular weight excluding hydrogens is 270 g/mol. The second-order valence-corrected chi connectivity index (χ2v) is 6.38. The van der Waals surface area contributed by atoms with Gasteiger partial charge >= 0.3 is 0 Å². The van der Waals surface area contributed by atoms with Crippen LogP contribution in [0.4, 0.5) is 0 Å². The molecule has 2 atom stereocenters. The second-order valence-electron chi connectivity index (χ2n) is 3.98. The summed E-state index contributed by atoms with van der Waals surface area (Å²) in [6.07, 6.45) is 1.31. The molecule has 82 valence electrons. The zero-order valence-electron chi connectivity index (χ0n) is 8.87. The van der Waals surface area contributed by atoms with Crippen LogP contribution < -0.4 is 5.32 Å². The van der Waals surface area contributed by atoms with Crippen molar-refractivity contribution in [1.29, 1.82) is 0 Å². The molecule has 0 bridgehead atoms. The van der Waals surface area contributed by atoms with Crippen molar-refractivity contribution >= 4 is 27.7 Å². The van der Waals surface area contributed by atoms with Crippen molar-refractivity contribution in [3.05, 3.63) is 34.3 Å². The Hall–Kier alpha value is 0.01000. The summed E-state index contributed by atoms with van der Waals surface area (Å²) in [5.41, 5.74) is 1.36. The first-order chi connectivity index (χ1) is 7.25. The number of halogens is 1. The van der Waals surface area contributed by atoms with Crippen molar-refractivity contribution in [1.82, 2.24) is 5.32 Å². The maximum Gasteiger partial charge on any atom is 0.0208 e. The first-order valence-electron chi connectivity index (χ1n) is 5.35. The van der Waals surface area contributed by atoms with Crippen LogP contribution in [0.15, 0.2) is 28.7 Å². The molecule has 1 saturated heterocycles. The fourth-order valence-electron chi connectivity index (χ4n) is 1.85. The molecule has 2 unspecified atom stereocenters. The normalized spacial score (nSPS) is 25.7. The quantitative estimate of drug-likeness (QED) is 0.913. The molecule has 1 nitrogen and oxygen atoms in total. The van der Waals surface area contributed by atoms with Crippen LogP contribution in [0.1, 0.15) is 18.9 Å². The fraction of sp³-hybridized carbons (Fsp3) is 0.500. The maximum atomic E-state index is 3.63. The summed E-state index contributed by atoms with van der Waals surface area (Å²) in [7, 11) is 0. The van der Waals surface area contributed by atoms with E-state index in [1.165, 1.54) is 17.7 Å². The Morgan fingerprint density at radius 1 is 1.40 bits per heavy atom. The zero-order valence-corrected chi connectivity index (χ0v) is 11.3. The largest absolute Gasteiger partial charge is 0.309 e. The molecule has 3 heteroatoms. The highest BCUT2D eigenvalue weighted by Gasteiger charge is 2.22. The van der Waals surface area contributed by atoms with Crippen molar-refractivity contribution in [2.45, 2.75) is 31.2 Å². The van der Waals surface area contributed by atoms with Gasteiger partial charge in [-0.25, -0.2) is 0 Å². The highest BCUT2D eigenvalue weighted by Crippen LogP contribution is 2.26. The summed E-state index contributed by atoms with van der Waals surface area (Å²) in [6.45, 7) is 3.31. The van der Waals surface area contributed by atoms with E-state index in [0.717, 1.165) is 16.3 Å². The van der Waals surface area contributed by atoms with E-state index in [-0.39, 0.29) is 0 Å². The molecule has 0 saturated carbocycles. The summed E-state index contributed by atoms with van der Waals surface area (Å²) in [5, 5.41) is 4.40. The highest BCUT2D eigenvalue weighted by atomic mass is 79.9. The van der Waals surface area contributed by atoms with E-state index in [9.17, 15) is 0 Å². The van der Waals surface area contributed by atoms with Gasteiger partial charge in [-0.1, -0.05) is 35.0 Å². The molecule has 0 spiro atoms. The van der Waals surface area contributed by atoms with Gasteiger partial charge in [0.25, 0.3) is 0 Å². The number of hydrogen-bond donors (Lipinski definition) is 1. The van der Waals surface area contributed by atoms with Gasteiger partial charge in [-0.3, -0.25) is 0 Å². The fourth-order valence-corrected chi connectivity index (χ4v) is 3.34. The summed E-state index contributed by atoms with van der Waals surface area (Å²) in [5.74, 6) is 1.30. The maximum absolute atomic E-state index is 3.63. The highest BCUT2D eigenvalue weighted by molar-refractivity contribution is 9.10. The van der Waals surface area contributed by atoms with Crippen LogP contribution in [0.25, 0.3) is 0 Å². The minimum Gasteiger partial charge on any atom is -0.309 e. The van der Waals surface area contributed by atoms with E-state index in [1.807, 2.05) is 0 Å². The SMILES string of the molecule is CC1SCCC1NCc1ccc(Br)cc1. The summed E-state index contributed by atoms with van der Waals surface area (Å²) >= 11 is 5.52. The molecule has 1 aliphatic heterocycles. The minimum atomic E-state index is 0.693. The third kappa shape index (κ3) is 3.23. The Kier molecular flexibility index (Phi) is 4.12. The van der Waals surface area contributed by atoms with Gasteiger partial charge in [0.1, 0.15) is 0 Å². The Bertz CT molecular complexity index is 312. The van der Waals surface area contributed by atoms with Gasteiger partial charge < -0.3 is 5.32 Å². The average Bonchev–Trinajstić information content (AvgIpc) is 2.63. The lowest BCUT2D eigenvalue weighted by atomic mass is 10.1. The Labute approximate surface area is 104 Å². The summed E-state index contributed by atoms with van der Waals surface area (Å²) < 4.78 is 1.15. The van der Waals surface area contributed by atoms with Crippen LogP contribution in [-0.4, -0.2) is 17.0 Å².